The molecule has 1 aliphatic rings. The van der Waals surface area contributed by atoms with E-state index in [1.165, 1.54) is 0 Å². The van der Waals surface area contributed by atoms with E-state index in [0.29, 0.717) is 6.61 Å². The Morgan fingerprint density at radius 1 is 0.565 bits per heavy atom. The molecule has 10 heteroatoms. The van der Waals surface area contributed by atoms with Gasteiger partial charge in [0.1, 0.15) is 24.4 Å². The smallest absolute Gasteiger partial charge is 0.265 e. The molecule has 0 amide bonds. The quantitative estimate of drug-likeness (QED) is 0.0823. The Hall–Kier alpha value is -2.98. The van der Waals surface area contributed by atoms with Gasteiger partial charge >= 0.3 is 0 Å². The molecular weight excluding hydrogens is 649 g/mol. The minimum atomic E-state index is -2.12. The van der Waals surface area contributed by atoms with Crippen molar-refractivity contribution in [3.05, 3.63) is 144 Å². The molecule has 4 aromatic rings. The van der Waals surface area contributed by atoms with Crippen LogP contribution in [0.1, 0.15) is 22.3 Å². The van der Waals surface area contributed by atoms with Gasteiger partial charge in [0.25, 0.3) is 3.79 Å². The average Bonchev–Trinajstić information content (AvgIpc) is 3.07. The minimum absolute atomic E-state index is 0.131. The van der Waals surface area contributed by atoms with E-state index in [9.17, 15) is 0 Å². The van der Waals surface area contributed by atoms with E-state index in [1.54, 1.807) is 0 Å². The summed E-state index contributed by atoms with van der Waals surface area (Å²) in [6.07, 6.45) is -4.17. The maximum Gasteiger partial charge on any atom is 0.265 e. The molecule has 1 saturated heterocycles. The van der Waals surface area contributed by atoms with Crippen LogP contribution in [0.15, 0.2) is 121 Å². The van der Waals surface area contributed by atoms with E-state index in [0.717, 1.165) is 22.3 Å². The van der Waals surface area contributed by atoms with Crippen molar-refractivity contribution in [1.29, 1.82) is 5.41 Å². The molecule has 5 rings (SSSR count). The summed E-state index contributed by atoms with van der Waals surface area (Å²) >= 11 is 18.1. The molecule has 1 N–H and O–H groups in total. The van der Waals surface area contributed by atoms with E-state index in [4.69, 9.17) is 68.6 Å². The number of hydrogen-bond acceptors (Lipinski definition) is 7. The van der Waals surface area contributed by atoms with Gasteiger partial charge in [0, 0.05) is 0 Å². The van der Waals surface area contributed by atoms with Crippen LogP contribution in [0.4, 0.5) is 0 Å². The van der Waals surface area contributed by atoms with Gasteiger partial charge in [-0.25, -0.2) is 0 Å². The first-order chi connectivity index (χ1) is 22.4. The van der Waals surface area contributed by atoms with Crippen LogP contribution in [0.5, 0.6) is 0 Å². The molecule has 0 aromatic heterocycles. The van der Waals surface area contributed by atoms with Crippen LogP contribution in [0.25, 0.3) is 0 Å². The van der Waals surface area contributed by atoms with Crippen LogP contribution in [0.2, 0.25) is 0 Å². The third kappa shape index (κ3) is 10.3. The van der Waals surface area contributed by atoms with Gasteiger partial charge in [-0.3, -0.25) is 5.41 Å². The topological polar surface area (TPSA) is 79.2 Å². The second kappa shape index (κ2) is 17.3. The van der Waals surface area contributed by atoms with Gasteiger partial charge in [-0.2, -0.15) is 0 Å². The standard InChI is InChI=1S/C36H36Cl3NO6/c37-36(38,39)35(40)46-34-33(44-24-29-19-11-4-12-20-29)32(43-23-28-17-9-3-10-18-28)31(42-22-27-15-7-2-8-16-27)30(45-34)25-41-21-26-13-5-1-6-14-26/h1-20,30-34,40H,21-25H2/t30-,31-,32+,33-,34+/m1/s1. The SMILES string of the molecule is N=C(O[C@@H]1O[C@H](COCc2ccccc2)[C@@H](OCc2ccccc2)[C@H](OCc2ccccc2)[C@H]1OCc1ccccc1)C(Cl)(Cl)Cl. The summed E-state index contributed by atoms with van der Waals surface area (Å²) in [5.74, 6) is -0.606. The number of alkyl halides is 3. The summed E-state index contributed by atoms with van der Waals surface area (Å²) in [6.45, 7) is 1.24. The van der Waals surface area contributed by atoms with Gasteiger partial charge in [-0.1, -0.05) is 156 Å². The monoisotopic (exact) mass is 683 g/mol. The third-order valence-electron chi connectivity index (χ3n) is 7.33. The van der Waals surface area contributed by atoms with Crippen molar-refractivity contribution in [2.75, 3.05) is 6.61 Å². The number of rotatable bonds is 14. The van der Waals surface area contributed by atoms with Crippen molar-refractivity contribution in [3.8, 4) is 0 Å². The Kier molecular flexibility index (Phi) is 12.9. The molecule has 1 heterocycles. The molecule has 5 atom stereocenters. The van der Waals surface area contributed by atoms with Crippen molar-refractivity contribution in [3.63, 3.8) is 0 Å². The first-order valence-corrected chi connectivity index (χ1v) is 16.1. The number of benzene rings is 4. The number of halogens is 3. The van der Waals surface area contributed by atoms with E-state index < -0.39 is 40.4 Å². The van der Waals surface area contributed by atoms with Crippen LogP contribution in [-0.4, -0.2) is 47.0 Å². The number of nitrogens with one attached hydrogen (secondary N) is 1. The average molecular weight is 685 g/mol. The predicted octanol–water partition coefficient (Wildman–Crippen LogP) is 8.05. The van der Waals surface area contributed by atoms with Gasteiger partial charge in [0.05, 0.1) is 33.0 Å². The van der Waals surface area contributed by atoms with Crippen LogP contribution >= 0.6 is 34.8 Å². The molecule has 0 saturated carbocycles. The molecule has 0 aliphatic carbocycles. The van der Waals surface area contributed by atoms with E-state index in [-0.39, 0.29) is 26.4 Å². The van der Waals surface area contributed by atoms with Gasteiger partial charge in [0.15, 0.2) is 0 Å². The Morgan fingerprint density at radius 3 is 1.39 bits per heavy atom. The van der Waals surface area contributed by atoms with E-state index in [1.807, 2.05) is 121 Å². The Balaban J connectivity index is 1.46. The molecule has 0 unspecified atom stereocenters. The van der Waals surface area contributed by atoms with Crippen LogP contribution in [0, 0.1) is 5.41 Å². The summed E-state index contributed by atoms with van der Waals surface area (Å²) in [7, 11) is 0. The second-order valence-corrected chi connectivity index (χ2v) is 13.1. The maximum absolute atomic E-state index is 8.37. The molecule has 4 aromatic carbocycles. The predicted molar refractivity (Wildman–Crippen MR) is 179 cm³/mol. The van der Waals surface area contributed by atoms with Crippen LogP contribution in [-0.2, 0) is 54.8 Å². The molecule has 0 radical (unpaired) electrons. The lowest BCUT2D eigenvalue weighted by Gasteiger charge is -2.46. The molecule has 0 bridgehead atoms. The highest BCUT2D eigenvalue weighted by atomic mass is 35.6. The lowest BCUT2D eigenvalue weighted by atomic mass is 9.97. The van der Waals surface area contributed by atoms with Crippen molar-refractivity contribution in [2.24, 2.45) is 0 Å². The Labute approximate surface area is 284 Å². The largest absolute Gasteiger partial charge is 0.445 e. The van der Waals surface area contributed by atoms with Gasteiger partial charge in [0.2, 0.25) is 12.2 Å². The van der Waals surface area contributed by atoms with Crippen molar-refractivity contribution >= 4 is 40.7 Å². The first kappa shape index (κ1) is 34.4. The zero-order valence-electron chi connectivity index (χ0n) is 25.1. The first-order valence-electron chi connectivity index (χ1n) is 14.9. The van der Waals surface area contributed by atoms with Gasteiger partial charge in [-0.05, 0) is 22.3 Å². The minimum Gasteiger partial charge on any atom is -0.445 e. The number of ether oxygens (including phenoxy) is 6. The molecule has 1 aliphatic heterocycles. The highest BCUT2D eigenvalue weighted by Crippen LogP contribution is 2.34. The fraction of sp³-hybridized carbons (Fsp3) is 0.306. The van der Waals surface area contributed by atoms with Gasteiger partial charge in [-0.15, -0.1) is 0 Å². The number of hydrogen-bond donors (Lipinski definition) is 1. The molecular formula is C36H36Cl3NO6. The zero-order valence-corrected chi connectivity index (χ0v) is 27.3. The molecule has 46 heavy (non-hydrogen) atoms. The highest BCUT2D eigenvalue weighted by Gasteiger charge is 2.51. The lowest BCUT2D eigenvalue weighted by molar-refractivity contribution is -0.313. The van der Waals surface area contributed by atoms with Crippen molar-refractivity contribution in [2.45, 2.75) is 60.9 Å². The summed E-state index contributed by atoms with van der Waals surface area (Å²) < 4.78 is 36.1. The molecule has 7 nitrogen and oxygen atoms in total. The molecule has 242 valence electrons. The fourth-order valence-electron chi connectivity index (χ4n) is 5.02. The lowest BCUT2D eigenvalue weighted by Crippen LogP contribution is -2.62. The van der Waals surface area contributed by atoms with Gasteiger partial charge < -0.3 is 28.4 Å². The summed E-state index contributed by atoms with van der Waals surface area (Å²) in [5, 5.41) is 8.37. The van der Waals surface area contributed by atoms with Crippen LogP contribution < -0.4 is 0 Å². The molecule has 1 fully saturated rings. The Bertz CT molecular complexity index is 1460. The summed E-state index contributed by atoms with van der Waals surface area (Å²) in [5.41, 5.74) is 3.87. The Morgan fingerprint density at radius 2 is 0.957 bits per heavy atom. The fourth-order valence-corrected chi connectivity index (χ4v) is 5.16. The summed E-state index contributed by atoms with van der Waals surface area (Å²) in [4.78, 5) is 0. The maximum atomic E-state index is 8.37. The molecule has 0 spiro atoms. The third-order valence-corrected chi connectivity index (χ3v) is 7.85. The second-order valence-electron chi connectivity index (χ2n) is 10.8. The highest BCUT2D eigenvalue weighted by molar-refractivity contribution is 6.76. The van der Waals surface area contributed by atoms with E-state index >= 15 is 0 Å². The van der Waals surface area contributed by atoms with Crippen molar-refractivity contribution in [1.82, 2.24) is 0 Å². The zero-order chi connectivity index (χ0) is 32.2. The van der Waals surface area contributed by atoms with Crippen molar-refractivity contribution < 1.29 is 28.4 Å². The van der Waals surface area contributed by atoms with Crippen LogP contribution in [0.3, 0.4) is 0 Å². The van der Waals surface area contributed by atoms with E-state index in [2.05, 4.69) is 0 Å². The normalized spacial score (nSPS) is 21.5. The summed E-state index contributed by atoms with van der Waals surface area (Å²) in [6, 6.07) is 39.2.